The standard InChI is InChI=1S/C10H21ClO3Si/c1-10(2,3)15(4,5)14-8(7-11)6-9(12)13/h8H,6-7H2,1-5H3,(H,12,13). The highest BCUT2D eigenvalue weighted by molar-refractivity contribution is 6.74. The Morgan fingerprint density at radius 2 is 1.93 bits per heavy atom. The van der Waals surface area contributed by atoms with Gasteiger partial charge in [-0.2, -0.15) is 0 Å². The highest BCUT2D eigenvalue weighted by Gasteiger charge is 2.39. The lowest BCUT2D eigenvalue weighted by Gasteiger charge is -2.38. The Kier molecular flexibility index (Phi) is 5.30. The first-order chi connectivity index (χ1) is 6.60. The Morgan fingerprint density at radius 3 is 2.20 bits per heavy atom. The van der Waals surface area contributed by atoms with Gasteiger partial charge in [0.05, 0.1) is 12.5 Å². The van der Waals surface area contributed by atoms with Crippen LogP contribution in [0.1, 0.15) is 27.2 Å². The zero-order valence-corrected chi connectivity index (χ0v) is 11.9. The smallest absolute Gasteiger partial charge is 0.305 e. The molecule has 0 radical (unpaired) electrons. The monoisotopic (exact) mass is 252 g/mol. The van der Waals surface area contributed by atoms with Gasteiger partial charge in [0.25, 0.3) is 0 Å². The van der Waals surface area contributed by atoms with Gasteiger partial charge in [-0.1, -0.05) is 20.8 Å². The van der Waals surface area contributed by atoms with E-state index in [-0.39, 0.29) is 23.4 Å². The van der Waals surface area contributed by atoms with E-state index in [0.29, 0.717) is 0 Å². The number of carboxylic acids is 1. The number of hydrogen-bond acceptors (Lipinski definition) is 2. The van der Waals surface area contributed by atoms with E-state index in [1.165, 1.54) is 0 Å². The normalized spacial score (nSPS) is 15.1. The molecule has 0 aliphatic rings. The van der Waals surface area contributed by atoms with Gasteiger partial charge in [0.15, 0.2) is 8.32 Å². The molecule has 1 unspecified atom stereocenters. The number of hydrogen-bond donors (Lipinski definition) is 1. The first-order valence-corrected chi connectivity index (χ1v) is 8.50. The molecular formula is C10H21ClO3Si. The fourth-order valence-electron chi connectivity index (χ4n) is 0.916. The first kappa shape index (κ1) is 14.9. The molecule has 15 heavy (non-hydrogen) atoms. The van der Waals surface area contributed by atoms with E-state index in [4.69, 9.17) is 21.1 Å². The van der Waals surface area contributed by atoms with Crippen LogP contribution in [0, 0.1) is 0 Å². The molecule has 0 amide bonds. The topological polar surface area (TPSA) is 46.5 Å². The fourth-order valence-corrected chi connectivity index (χ4v) is 2.55. The number of rotatable bonds is 5. The van der Waals surface area contributed by atoms with Gasteiger partial charge in [0.2, 0.25) is 0 Å². The molecule has 0 aromatic carbocycles. The second kappa shape index (κ2) is 5.32. The molecule has 0 spiro atoms. The van der Waals surface area contributed by atoms with Gasteiger partial charge in [-0.15, -0.1) is 11.6 Å². The molecule has 0 aromatic heterocycles. The van der Waals surface area contributed by atoms with E-state index in [9.17, 15) is 4.79 Å². The van der Waals surface area contributed by atoms with Crippen LogP contribution < -0.4 is 0 Å². The van der Waals surface area contributed by atoms with Crippen LogP contribution in [0.25, 0.3) is 0 Å². The lowest BCUT2D eigenvalue weighted by Crippen LogP contribution is -2.44. The third-order valence-electron chi connectivity index (χ3n) is 2.84. The zero-order chi connectivity index (χ0) is 12.3. The molecule has 0 aliphatic carbocycles. The van der Waals surface area contributed by atoms with E-state index < -0.39 is 14.3 Å². The van der Waals surface area contributed by atoms with Crippen molar-refractivity contribution in [2.24, 2.45) is 0 Å². The van der Waals surface area contributed by atoms with Crippen molar-refractivity contribution in [1.82, 2.24) is 0 Å². The van der Waals surface area contributed by atoms with E-state index in [2.05, 4.69) is 33.9 Å². The number of halogens is 1. The van der Waals surface area contributed by atoms with Gasteiger partial charge < -0.3 is 9.53 Å². The molecule has 0 fully saturated rings. The van der Waals surface area contributed by atoms with Crippen molar-refractivity contribution in [3.8, 4) is 0 Å². The van der Waals surface area contributed by atoms with Crippen molar-refractivity contribution < 1.29 is 14.3 Å². The van der Waals surface area contributed by atoms with Gasteiger partial charge in [-0.25, -0.2) is 0 Å². The predicted octanol–water partition coefficient (Wildman–Crippen LogP) is 3.09. The summed E-state index contributed by atoms with van der Waals surface area (Å²) in [5.41, 5.74) is 0. The van der Waals surface area contributed by atoms with Gasteiger partial charge in [-0.05, 0) is 18.1 Å². The fraction of sp³-hybridized carbons (Fsp3) is 0.900. The Bertz CT molecular complexity index is 223. The summed E-state index contributed by atoms with van der Waals surface area (Å²) >= 11 is 5.70. The average Bonchev–Trinajstić information content (AvgIpc) is 1.99. The van der Waals surface area contributed by atoms with Gasteiger partial charge in [0, 0.05) is 5.88 Å². The van der Waals surface area contributed by atoms with E-state index in [1.54, 1.807) is 0 Å². The lowest BCUT2D eigenvalue weighted by atomic mass is 10.2. The largest absolute Gasteiger partial charge is 0.481 e. The van der Waals surface area contributed by atoms with Gasteiger partial charge in [0.1, 0.15) is 0 Å². The summed E-state index contributed by atoms with van der Waals surface area (Å²) in [5.74, 6) is -0.627. The SMILES string of the molecule is CC(C)(C)[Si](C)(C)OC(CCl)CC(=O)O. The van der Waals surface area contributed by atoms with Gasteiger partial charge in [-0.3, -0.25) is 4.79 Å². The summed E-state index contributed by atoms with van der Waals surface area (Å²) in [5, 5.41) is 8.77. The predicted molar refractivity (Wildman–Crippen MR) is 65.0 cm³/mol. The molecule has 1 atom stereocenters. The molecule has 3 nitrogen and oxygen atoms in total. The molecule has 1 N–H and O–H groups in total. The summed E-state index contributed by atoms with van der Waals surface area (Å²) in [4.78, 5) is 10.6. The minimum Gasteiger partial charge on any atom is -0.481 e. The maximum atomic E-state index is 10.6. The molecule has 0 aromatic rings. The van der Waals surface area contributed by atoms with Crippen LogP contribution in [-0.2, 0) is 9.22 Å². The van der Waals surface area contributed by atoms with Crippen molar-refractivity contribution in [1.29, 1.82) is 0 Å². The summed E-state index contributed by atoms with van der Waals surface area (Å²) in [6.07, 6.45) is -0.388. The average molecular weight is 253 g/mol. The minimum atomic E-state index is -1.90. The van der Waals surface area contributed by atoms with Gasteiger partial charge >= 0.3 is 5.97 Å². The van der Waals surface area contributed by atoms with Crippen LogP contribution in [-0.4, -0.2) is 31.4 Å². The Morgan fingerprint density at radius 1 is 1.47 bits per heavy atom. The van der Waals surface area contributed by atoms with Crippen molar-refractivity contribution >= 4 is 25.9 Å². The van der Waals surface area contributed by atoms with E-state index in [1.807, 2.05) is 0 Å². The number of alkyl halides is 1. The molecule has 0 saturated heterocycles. The number of carboxylic acid groups (broad SMARTS) is 1. The quantitative estimate of drug-likeness (QED) is 0.604. The first-order valence-electron chi connectivity index (χ1n) is 5.05. The summed E-state index contributed by atoms with van der Waals surface area (Å²) in [7, 11) is -1.90. The van der Waals surface area contributed by atoms with Crippen molar-refractivity contribution in [3.05, 3.63) is 0 Å². The third-order valence-corrected chi connectivity index (χ3v) is 7.72. The van der Waals surface area contributed by atoms with Crippen molar-refractivity contribution in [2.45, 2.75) is 51.4 Å². The summed E-state index contributed by atoms with van der Waals surface area (Å²) in [6.45, 7) is 10.5. The third kappa shape index (κ3) is 5.00. The molecule has 0 heterocycles. The van der Waals surface area contributed by atoms with Crippen LogP contribution in [0.4, 0.5) is 0 Å². The highest BCUT2D eigenvalue weighted by Crippen LogP contribution is 2.37. The van der Waals surface area contributed by atoms with Crippen LogP contribution in [0.2, 0.25) is 18.1 Å². The molecule has 0 aliphatic heterocycles. The molecular weight excluding hydrogens is 232 g/mol. The number of aliphatic carboxylic acids is 1. The highest BCUT2D eigenvalue weighted by atomic mass is 35.5. The minimum absolute atomic E-state index is 0.0178. The Labute approximate surface area is 97.9 Å². The molecule has 0 bridgehead atoms. The second-order valence-electron chi connectivity index (χ2n) is 5.25. The molecule has 0 rings (SSSR count). The maximum absolute atomic E-state index is 10.6. The Balaban J connectivity index is 4.47. The van der Waals surface area contributed by atoms with Crippen molar-refractivity contribution in [3.63, 3.8) is 0 Å². The van der Waals surface area contributed by atoms with E-state index in [0.717, 1.165) is 0 Å². The zero-order valence-electron chi connectivity index (χ0n) is 10.1. The summed E-state index contributed by atoms with van der Waals surface area (Å²) < 4.78 is 5.89. The maximum Gasteiger partial charge on any atom is 0.305 e. The van der Waals surface area contributed by atoms with Crippen LogP contribution in [0.3, 0.4) is 0 Å². The van der Waals surface area contributed by atoms with Crippen LogP contribution in [0.15, 0.2) is 0 Å². The molecule has 0 saturated carbocycles. The molecule has 5 heteroatoms. The van der Waals surface area contributed by atoms with Crippen LogP contribution in [0.5, 0.6) is 0 Å². The second-order valence-corrected chi connectivity index (χ2v) is 10.3. The van der Waals surface area contributed by atoms with Crippen LogP contribution >= 0.6 is 11.6 Å². The molecule has 90 valence electrons. The van der Waals surface area contributed by atoms with Crippen molar-refractivity contribution in [2.75, 3.05) is 5.88 Å². The van der Waals surface area contributed by atoms with E-state index >= 15 is 0 Å². The summed E-state index contributed by atoms with van der Waals surface area (Å²) in [6, 6.07) is 0. The number of carbonyl (C=O) groups is 1. The Hall–Kier alpha value is -0.0631. The lowest BCUT2D eigenvalue weighted by molar-refractivity contribution is -0.138.